The lowest BCUT2D eigenvalue weighted by atomic mass is 10.2. The van der Waals surface area contributed by atoms with E-state index >= 15 is 0 Å². The molecular weight excluding hydrogens is 474 g/mol. The van der Waals surface area contributed by atoms with Gasteiger partial charge in [-0.15, -0.1) is 0 Å². The number of benzene rings is 3. The maximum absolute atomic E-state index is 13.5. The topological polar surface area (TPSA) is 79.0 Å². The molecule has 7 nitrogen and oxygen atoms in total. The molecule has 0 unspecified atom stereocenters. The lowest BCUT2D eigenvalue weighted by molar-refractivity contribution is -0.114. The first-order valence-corrected chi connectivity index (χ1v) is 12.7. The van der Waals surface area contributed by atoms with E-state index in [-0.39, 0.29) is 4.90 Å². The largest absolute Gasteiger partial charge is 0.378 e. The molecule has 0 bridgehead atoms. The molecule has 1 saturated heterocycles. The Kier molecular flexibility index (Phi) is 7.41. The van der Waals surface area contributed by atoms with Crippen LogP contribution in [0.15, 0.2) is 77.7 Å². The van der Waals surface area contributed by atoms with Crippen molar-refractivity contribution in [3.8, 4) is 0 Å². The van der Waals surface area contributed by atoms with E-state index < -0.39 is 22.5 Å². The summed E-state index contributed by atoms with van der Waals surface area (Å²) in [6.45, 7) is 4.34. The molecule has 34 heavy (non-hydrogen) atoms. The molecule has 178 valence electrons. The van der Waals surface area contributed by atoms with E-state index in [1.54, 1.807) is 43.3 Å². The van der Waals surface area contributed by atoms with Crippen LogP contribution in [0.5, 0.6) is 0 Å². The van der Waals surface area contributed by atoms with Gasteiger partial charge in [-0.1, -0.05) is 35.9 Å². The average Bonchev–Trinajstić information content (AvgIpc) is 2.86. The molecule has 0 spiro atoms. The van der Waals surface area contributed by atoms with Crippen molar-refractivity contribution in [1.29, 1.82) is 0 Å². The molecular formula is C25H26ClN3O4S. The average molecular weight is 500 g/mol. The number of sulfonamides is 1. The molecule has 0 saturated carbocycles. The van der Waals surface area contributed by atoms with Crippen LogP contribution in [0.4, 0.5) is 17.1 Å². The number of hydrogen-bond acceptors (Lipinski definition) is 5. The van der Waals surface area contributed by atoms with Crippen LogP contribution in [0.1, 0.15) is 5.56 Å². The predicted molar refractivity (Wildman–Crippen MR) is 135 cm³/mol. The van der Waals surface area contributed by atoms with Crippen LogP contribution < -0.4 is 14.5 Å². The molecule has 3 aromatic rings. The monoisotopic (exact) mass is 499 g/mol. The van der Waals surface area contributed by atoms with Crippen molar-refractivity contribution < 1.29 is 17.9 Å². The highest BCUT2D eigenvalue weighted by molar-refractivity contribution is 7.92. The first-order chi connectivity index (χ1) is 16.4. The predicted octanol–water partition coefficient (Wildman–Crippen LogP) is 4.32. The van der Waals surface area contributed by atoms with Crippen molar-refractivity contribution in [2.75, 3.05) is 47.4 Å². The van der Waals surface area contributed by atoms with E-state index in [0.717, 1.165) is 23.1 Å². The quantitative estimate of drug-likeness (QED) is 0.523. The second-order valence-corrected chi connectivity index (χ2v) is 10.2. The van der Waals surface area contributed by atoms with E-state index in [2.05, 4.69) is 10.2 Å². The number of ether oxygens (including phenoxy) is 1. The number of nitrogens with one attached hydrogen (secondary N) is 1. The van der Waals surface area contributed by atoms with Crippen molar-refractivity contribution in [2.45, 2.75) is 11.8 Å². The van der Waals surface area contributed by atoms with Gasteiger partial charge >= 0.3 is 0 Å². The van der Waals surface area contributed by atoms with Crippen LogP contribution in [-0.2, 0) is 19.6 Å². The van der Waals surface area contributed by atoms with Crippen LogP contribution in [-0.4, -0.2) is 47.2 Å². The third-order valence-corrected chi connectivity index (χ3v) is 7.84. The van der Waals surface area contributed by atoms with Crippen LogP contribution in [0.25, 0.3) is 0 Å². The molecule has 0 atom stereocenters. The van der Waals surface area contributed by atoms with Crippen LogP contribution in [0.2, 0.25) is 5.02 Å². The highest BCUT2D eigenvalue weighted by Gasteiger charge is 2.28. The Balaban J connectivity index is 1.56. The van der Waals surface area contributed by atoms with Crippen LogP contribution in [0.3, 0.4) is 0 Å². The number of halogens is 1. The zero-order valence-electron chi connectivity index (χ0n) is 18.8. The van der Waals surface area contributed by atoms with E-state index in [0.29, 0.717) is 35.2 Å². The summed E-state index contributed by atoms with van der Waals surface area (Å²) in [7, 11) is -4.01. The standard InChI is InChI=1S/C25H26ClN3O4S/c1-19-23(26)8-5-9-24(19)29(34(31,32)22-6-3-2-4-7-22)18-25(30)27-20-10-12-21(13-11-20)28-14-16-33-17-15-28/h2-13H,14-18H2,1H3,(H,27,30). The summed E-state index contributed by atoms with van der Waals surface area (Å²) in [6.07, 6.45) is 0. The fourth-order valence-electron chi connectivity index (χ4n) is 3.79. The lowest BCUT2D eigenvalue weighted by Gasteiger charge is -2.29. The van der Waals surface area contributed by atoms with Gasteiger partial charge in [0.15, 0.2) is 0 Å². The summed E-state index contributed by atoms with van der Waals surface area (Å²) >= 11 is 6.27. The second kappa shape index (κ2) is 10.5. The van der Waals surface area contributed by atoms with Gasteiger partial charge in [-0.3, -0.25) is 9.10 Å². The first-order valence-electron chi connectivity index (χ1n) is 10.9. The zero-order chi connectivity index (χ0) is 24.1. The fraction of sp³-hybridized carbons (Fsp3) is 0.240. The minimum atomic E-state index is -4.01. The summed E-state index contributed by atoms with van der Waals surface area (Å²) < 4.78 is 33.5. The maximum atomic E-state index is 13.5. The number of carbonyl (C=O) groups is 1. The molecule has 0 aliphatic carbocycles. The van der Waals surface area contributed by atoms with Crippen LogP contribution in [0, 0.1) is 6.92 Å². The fourth-order valence-corrected chi connectivity index (χ4v) is 5.46. The molecule has 1 heterocycles. The summed E-state index contributed by atoms with van der Waals surface area (Å²) in [5.41, 5.74) is 2.56. The number of nitrogens with zero attached hydrogens (tertiary/aromatic N) is 2. The zero-order valence-corrected chi connectivity index (χ0v) is 20.3. The molecule has 1 amide bonds. The molecule has 1 aliphatic heterocycles. The van der Waals surface area contributed by atoms with Crippen molar-refractivity contribution >= 4 is 44.6 Å². The Morgan fingerprint density at radius 1 is 1.00 bits per heavy atom. The number of hydrogen-bond donors (Lipinski definition) is 1. The molecule has 4 rings (SSSR count). The summed E-state index contributed by atoms with van der Waals surface area (Å²) in [5.74, 6) is -0.460. The van der Waals surface area contributed by atoms with E-state index in [4.69, 9.17) is 16.3 Å². The first kappa shape index (κ1) is 24.1. The minimum absolute atomic E-state index is 0.0945. The number of morpholine rings is 1. The number of carbonyl (C=O) groups excluding carboxylic acids is 1. The molecule has 1 N–H and O–H groups in total. The summed E-state index contributed by atoms with van der Waals surface area (Å²) in [5, 5.41) is 3.23. The van der Waals surface area contributed by atoms with Crippen LogP contribution >= 0.6 is 11.6 Å². The Hall–Kier alpha value is -3.07. The Bertz CT molecular complexity index is 1240. The minimum Gasteiger partial charge on any atom is -0.378 e. The van der Waals surface area contributed by atoms with Crippen molar-refractivity contribution in [1.82, 2.24) is 0 Å². The molecule has 0 radical (unpaired) electrons. The van der Waals surface area contributed by atoms with Crippen molar-refractivity contribution in [3.05, 3.63) is 83.4 Å². The van der Waals surface area contributed by atoms with Crippen molar-refractivity contribution in [3.63, 3.8) is 0 Å². The van der Waals surface area contributed by atoms with Gasteiger partial charge in [0.25, 0.3) is 10.0 Å². The van der Waals surface area contributed by atoms with Gasteiger partial charge in [-0.2, -0.15) is 0 Å². The molecule has 3 aromatic carbocycles. The summed E-state index contributed by atoms with van der Waals surface area (Å²) in [6, 6.07) is 20.5. The van der Waals surface area contributed by atoms with Gasteiger partial charge < -0.3 is 15.0 Å². The normalized spacial score (nSPS) is 14.0. The highest BCUT2D eigenvalue weighted by Crippen LogP contribution is 2.31. The van der Waals surface area contributed by atoms with Gasteiger partial charge in [0.2, 0.25) is 5.91 Å². The van der Waals surface area contributed by atoms with Crippen molar-refractivity contribution in [2.24, 2.45) is 0 Å². The number of amides is 1. The Morgan fingerprint density at radius 3 is 2.35 bits per heavy atom. The van der Waals surface area contributed by atoms with E-state index in [9.17, 15) is 13.2 Å². The Morgan fingerprint density at radius 2 is 1.68 bits per heavy atom. The van der Waals surface area contributed by atoms with E-state index in [1.807, 2.05) is 24.3 Å². The smallest absolute Gasteiger partial charge is 0.264 e. The van der Waals surface area contributed by atoms with E-state index in [1.165, 1.54) is 12.1 Å². The van der Waals surface area contributed by atoms with Gasteiger partial charge in [-0.05, 0) is 61.0 Å². The van der Waals surface area contributed by atoms with Gasteiger partial charge in [0.05, 0.1) is 23.8 Å². The second-order valence-electron chi connectivity index (χ2n) is 7.90. The number of anilines is 3. The molecule has 1 aliphatic rings. The van der Waals surface area contributed by atoms with Gasteiger partial charge in [-0.25, -0.2) is 8.42 Å². The highest BCUT2D eigenvalue weighted by atomic mass is 35.5. The molecule has 1 fully saturated rings. The maximum Gasteiger partial charge on any atom is 0.264 e. The third-order valence-electron chi connectivity index (χ3n) is 5.65. The summed E-state index contributed by atoms with van der Waals surface area (Å²) in [4.78, 5) is 15.3. The third kappa shape index (κ3) is 5.35. The SMILES string of the molecule is Cc1c(Cl)cccc1N(CC(=O)Nc1ccc(N2CCOCC2)cc1)S(=O)(=O)c1ccccc1. The number of rotatable bonds is 7. The lowest BCUT2D eigenvalue weighted by Crippen LogP contribution is -2.38. The molecule has 0 aromatic heterocycles. The van der Waals surface area contributed by atoms with Gasteiger partial charge in [0.1, 0.15) is 6.54 Å². The van der Waals surface area contributed by atoms with Gasteiger partial charge in [0, 0.05) is 29.5 Å². The molecule has 9 heteroatoms. The Labute approximate surface area is 205 Å².